The Bertz CT molecular complexity index is 868. The fourth-order valence-corrected chi connectivity index (χ4v) is 4.16. The normalized spacial score (nSPS) is 11.6. The van der Waals surface area contributed by atoms with Gasteiger partial charge in [-0.3, -0.25) is 9.89 Å². The Morgan fingerprint density at radius 2 is 1.92 bits per heavy atom. The lowest BCUT2D eigenvalue weighted by Crippen LogP contribution is -2.38. The summed E-state index contributed by atoms with van der Waals surface area (Å²) in [5.41, 5.74) is 3.78. The highest BCUT2D eigenvalue weighted by Crippen LogP contribution is 2.23. The minimum Gasteiger partial charge on any atom is -0.311 e. The topological polar surface area (TPSA) is 95.2 Å². The van der Waals surface area contributed by atoms with Gasteiger partial charge in [0.15, 0.2) is 0 Å². The molecule has 1 aromatic heterocycles. The van der Waals surface area contributed by atoms with Gasteiger partial charge in [0.1, 0.15) is 4.90 Å². The number of nitrogens with one attached hydrogen (secondary N) is 2. The lowest BCUT2D eigenvalue weighted by atomic mass is 10.1. The summed E-state index contributed by atoms with van der Waals surface area (Å²) in [5.74, 6) is -0.136. The summed E-state index contributed by atoms with van der Waals surface area (Å²) in [6.45, 7) is 9.05. The number of hydrogen-bond donors (Lipinski definition) is 2. The van der Waals surface area contributed by atoms with Crippen LogP contribution >= 0.6 is 0 Å². The molecule has 0 saturated heterocycles. The number of H-pyrrole nitrogens is 1. The van der Waals surface area contributed by atoms with Crippen molar-refractivity contribution >= 4 is 21.6 Å². The van der Waals surface area contributed by atoms with Crippen LogP contribution in [-0.2, 0) is 14.8 Å². The first kappa shape index (κ1) is 19.1. The molecule has 1 aromatic carbocycles. The van der Waals surface area contributed by atoms with Gasteiger partial charge in [-0.15, -0.1) is 0 Å². The van der Waals surface area contributed by atoms with Crippen LogP contribution < -0.4 is 9.62 Å². The molecule has 25 heavy (non-hydrogen) atoms. The van der Waals surface area contributed by atoms with Crippen molar-refractivity contribution in [2.45, 2.75) is 39.5 Å². The Hall–Kier alpha value is -2.19. The van der Waals surface area contributed by atoms with E-state index in [1.807, 2.05) is 32.0 Å². The van der Waals surface area contributed by atoms with Gasteiger partial charge in [0.2, 0.25) is 15.9 Å². The van der Waals surface area contributed by atoms with E-state index in [0.717, 1.165) is 16.8 Å². The van der Waals surface area contributed by atoms with E-state index in [1.165, 1.54) is 6.92 Å². The number of benzene rings is 1. The van der Waals surface area contributed by atoms with Crippen LogP contribution in [0.3, 0.4) is 0 Å². The third-order valence-corrected chi connectivity index (χ3v) is 5.93. The summed E-state index contributed by atoms with van der Waals surface area (Å²) >= 11 is 0. The second-order valence-corrected chi connectivity index (χ2v) is 7.75. The predicted molar refractivity (Wildman–Crippen MR) is 97.2 cm³/mol. The average Bonchev–Trinajstić information content (AvgIpc) is 2.86. The molecular formula is C17H24N4O3S. The van der Waals surface area contributed by atoms with E-state index < -0.39 is 10.0 Å². The molecule has 8 heteroatoms. The summed E-state index contributed by atoms with van der Waals surface area (Å²) in [6.07, 6.45) is 0. The van der Waals surface area contributed by atoms with Crippen LogP contribution in [-0.4, -0.2) is 37.6 Å². The number of amides is 1. The first-order valence-electron chi connectivity index (χ1n) is 8.00. The monoisotopic (exact) mass is 364 g/mol. The zero-order valence-corrected chi connectivity index (χ0v) is 16.0. The van der Waals surface area contributed by atoms with Crippen molar-refractivity contribution in [3.63, 3.8) is 0 Å². The smallest absolute Gasteiger partial charge is 0.244 e. The van der Waals surface area contributed by atoms with Gasteiger partial charge in [0.05, 0.1) is 11.4 Å². The summed E-state index contributed by atoms with van der Waals surface area (Å²) in [5, 5.41) is 6.58. The second-order valence-electron chi connectivity index (χ2n) is 6.05. The Balaban J connectivity index is 2.15. The number of aromatic nitrogens is 2. The van der Waals surface area contributed by atoms with E-state index in [4.69, 9.17) is 0 Å². The minimum absolute atomic E-state index is 0.110. The molecule has 0 atom stereocenters. The third-order valence-electron chi connectivity index (χ3n) is 4.20. The van der Waals surface area contributed by atoms with Crippen LogP contribution in [0.5, 0.6) is 0 Å². The molecular weight excluding hydrogens is 340 g/mol. The predicted octanol–water partition coefficient (Wildman–Crippen LogP) is 1.97. The lowest BCUT2D eigenvalue weighted by Gasteiger charge is -2.24. The van der Waals surface area contributed by atoms with E-state index in [2.05, 4.69) is 14.9 Å². The van der Waals surface area contributed by atoms with Gasteiger partial charge in [0, 0.05) is 25.7 Å². The van der Waals surface area contributed by atoms with E-state index in [1.54, 1.807) is 18.7 Å². The van der Waals surface area contributed by atoms with Crippen molar-refractivity contribution < 1.29 is 13.2 Å². The first-order chi connectivity index (χ1) is 11.6. The molecule has 0 aliphatic rings. The zero-order valence-electron chi connectivity index (χ0n) is 15.2. The number of hydrogen-bond acceptors (Lipinski definition) is 4. The van der Waals surface area contributed by atoms with Crippen molar-refractivity contribution in [3.05, 3.63) is 40.7 Å². The van der Waals surface area contributed by atoms with Crippen molar-refractivity contribution in [3.8, 4) is 0 Å². The molecule has 0 aliphatic heterocycles. The molecule has 1 heterocycles. The Morgan fingerprint density at radius 3 is 2.48 bits per heavy atom. The number of nitrogens with zero attached hydrogens (tertiary/aromatic N) is 2. The zero-order chi connectivity index (χ0) is 18.8. The van der Waals surface area contributed by atoms with Gasteiger partial charge in [-0.1, -0.05) is 12.1 Å². The average molecular weight is 364 g/mol. The van der Waals surface area contributed by atoms with Gasteiger partial charge in [-0.05, 0) is 44.9 Å². The van der Waals surface area contributed by atoms with Gasteiger partial charge in [-0.2, -0.15) is 5.10 Å². The molecule has 2 N–H and O–H groups in total. The van der Waals surface area contributed by atoms with Crippen LogP contribution in [0.15, 0.2) is 23.1 Å². The van der Waals surface area contributed by atoms with Crippen molar-refractivity contribution in [1.82, 2.24) is 14.9 Å². The van der Waals surface area contributed by atoms with E-state index >= 15 is 0 Å². The molecule has 0 spiro atoms. The van der Waals surface area contributed by atoms with Crippen LogP contribution in [0.4, 0.5) is 5.69 Å². The molecule has 0 aliphatic carbocycles. The van der Waals surface area contributed by atoms with Crippen LogP contribution in [0, 0.1) is 27.7 Å². The van der Waals surface area contributed by atoms with Crippen molar-refractivity contribution in [2.75, 3.05) is 18.0 Å². The van der Waals surface area contributed by atoms with Gasteiger partial charge < -0.3 is 4.90 Å². The number of aryl methyl sites for hydroxylation is 3. The highest BCUT2D eigenvalue weighted by molar-refractivity contribution is 7.89. The Labute approximate surface area is 148 Å². The molecule has 0 unspecified atom stereocenters. The summed E-state index contributed by atoms with van der Waals surface area (Å²) in [7, 11) is -3.68. The maximum absolute atomic E-state index is 12.5. The van der Waals surface area contributed by atoms with Crippen molar-refractivity contribution in [1.29, 1.82) is 0 Å². The van der Waals surface area contributed by atoms with E-state index in [-0.39, 0.29) is 23.9 Å². The molecule has 136 valence electrons. The standard InChI is InChI=1S/C17H24N4O3S/c1-11-7-6-8-16(12(11)2)21(15(5)22)10-9-18-25(23,24)17-13(3)19-20-14(17)4/h6-8,18H,9-10H2,1-5H3,(H,19,20). The van der Waals surface area contributed by atoms with Crippen LogP contribution in [0.25, 0.3) is 0 Å². The molecule has 7 nitrogen and oxygen atoms in total. The minimum atomic E-state index is -3.68. The largest absolute Gasteiger partial charge is 0.311 e. The maximum atomic E-state index is 12.5. The molecule has 0 saturated carbocycles. The number of carbonyl (C=O) groups is 1. The molecule has 2 aromatic rings. The van der Waals surface area contributed by atoms with Gasteiger partial charge >= 0.3 is 0 Å². The van der Waals surface area contributed by atoms with Gasteiger partial charge in [0.25, 0.3) is 0 Å². The fraction of sp³-hybridized carbons (Fsp3) is 0.412. The van der Waals surface area contributed by atoms with E-state index in [9.17, 15) is 13.2 Å². The van der Waals surface area contributed by atoms with Crippen LogP contribution in [0.2, 0.25) is 0 Å². The molecule has 0 fully saturated rings. The fourth-order valence-electron chi connectivity index (χ4n) is 2.78. The highest BCUT2D eigenvalue weighted by Gasteiger charge is 2.22. The molecule has 1 amide bonds. The number of carbonyl (C=O) groups excluding carboxylic acids is 1. The number of anilines is 1. The van der Waals surface area contributed by atoms with Gasteiger partial charge in [-0.25, -0.2) is 13.1 Å². The Morgan fingerprint density at radius 1 is 1.24 bits per heavy atom. The third kappa shape index (κ3) is 4.08. The molecule has 0 bridgehead atoms. The number of rotatable bonds is 6. The van der Waals surface area contributed by atoms with Crippen LogP contribution in [0.1, 0.15) is 29.4 Å². The highest BCUT2D eigenvalue weighted by atomic mass is 32.2. The number of aromatic amines is 1. The van der Waals surface area contributed by atoms with Crippen molar-refractivity contribution in [2.24, 2.45) is 0 Å². The summed E-state index contributed by atoms with van der Waals surface area (Å²) in [4.78, 5) is 13.8. The lowest BCUT2D eigenvalue weighted by molar-refractivity contribution is -0.116. The summed E-state index contributed by atoms with van der Waals surface area (Å²) < 4.78 is 27.5. The summed E-state index contributed by atoms with van der Waals surface area (Å²) in [6, 6.07) is 5.73. The SMILES string of the molecule is CC(=O)N(CCNS(=O)(=O)c1c(C)n[nH]c1C)c1cccc(C)c1C. The quantitative estimate of drug-likeness (QED) is 0.819. The molecule has 2 rings (SSSR count). The first-order valence-corrected chi connectivity index (χ1v) is 9.49. The Kier molecular flexibility index (Phi) is 5.64. The molecule has 0 radical (unpaired) electrons. The number of sulfonamides is 1. The maximum Gasteiger partial charge on any atom is 0.244 e. The second kappa shape index (κ2) is 7.37. The van der Waals surface area contributed by atoms with E-state index in [0.29, 0.717) is 11.4 Å².